The Bertz CT molecular complexity index is 635. The van der Waals surface area contributed by atoms with Gasteiger partial charge in [0.15, 0.2) is 0 Å². The molecular formula is C20H24O2. The largest absolute Gasteiger partial charge is 0.457 e. The van der Waals surface area contributed by atoms with Gasteiger partial charge in [-0.1, -0.05) is 30.3 Å². The predicted octanol–water partition coefficient (Wildman–Crippen LogP) is 4.46. The molecule has 3 aliphatic rings. The Kier molecular flexibility index (Phi) is 3.01. The topological polar surface area (TPSA) is 26.3 Å². The number of hydrogen-bond acceptors (Lipinski definition) is 2. The number of hydrogen-bond donors (Lipinski definition) is 0. The second kappa shape index (κ2) is 4.71. The average Bonchev–Trinajstić information content (AvgIpc) is 2.95. The molecule has 2 saturated carbocycles. The highest BCUT2D eigenvalue weighted by Gasteiger charge is 2.59. The summed E-state index contributed by atoms with van der Waals surface area (Å²) in [6.45, 7) is 5.85. The molecule has 0 saturated heterocycles. The number of carbonyl (C=O) groups excluding carboxylic acids is 1. The molecule has 22 heavy (non-hydrogen) atoms. The van der Waals surface area contributed by atoms with Gasteiger partial charge in [-0.25, -0.2) is 4.79 Å². The summed E-state index contributed by atoms with van der Waals surface area (Å²) in [5.74, 6) is 2.48. The van der Waals surface area contributed by atoms with E-state index in [2.05, 4.69) is 24.3 Å². The third kappa shape index (κ3) is 2.04. The van der Waals surface area contributed by atoms with Crippen LogP contribution in [0.1, 0.15) is 45.6 Å². The molecule has 3 aliphatic carbocycles. The molecule has 0 amide bonds. The first kappa shape index (κ1) is 14.0. The van der Waals surface area contributed by atoms with Gasteiger partial charge in [0.1, 0.15) is 5.60 Å². The van der Waals surface area contributed by atoms with E-state index in [9.17, 15) is 4.79 Å². The van der Waals surface area contributed by atoms with Crippen LogP contribution < -0.4 is 0 Å². The van der Waals surface area contributed by atoms with Crippen molar-refractivity contribution in [2.75, 3.05) is 0 Å². The van der Waals surface area contributed by atoms with Gasteiger partial charge in [0.25, 0.3) is 0 Å². The lowest BCUT2D eigenvalue weighted by atomic mass is 9.59. The van der Waals surface area contributed by atoms with E-state index in [1.165, 1.54) is 30.4 Å². The van der Waals surface area contributed by atoms with Gasteiger partial charge in [-0.2, -0.15) is 0 Å². The van der Waals surface area contributed by atoms with E-state index in [0.29, 0.717) is 17.8 Å². The van der Waals surface area contributed by atoms with Crippen LogP contribution in [-0.4, -0.2) is 11.6 Å². The first-order valence-electron chi connectivity index (χ1n) is 8.48. The number of fused-ring (bicyclic) bond motifs is 5. The molecule has 0 aliphatic heterocycles. The number of esters is 1. The molecule has 4 rings (SSSR count). The molecule has 4 atom stereocenters. The van der Waals surface area contributed by atoms with Gasteiger partial charge in [-0.3, -0.25) is 0 Å². The number of carbonyl (C=O) groups is 1. The van der Waals surface area contributed by atoms with Gasteiger partial charge in [0.2, 0.25) is 0 Å². The van der Waals surface area contributed by atoms with E-state index in [0.717, 1.165) is 11.5 Å². The van der Waals surface area contributed by atoms with Crippen molar-refractivity contribution in [2.24, 2.45) is 23.7 Å². The number of ether oxygens (including phenoxy) is 1. The van der Waals surface area contributed by atoms with Gasteiger partial charge in [-0.15, -0.1) is 0 Å². The van der Waals surface area contributed by atoms with Crippen LogP contribution in [0.2, 0.25) is 0 Å². The zero-order valence-corrected chi connectivity index (χ0v) is 13.6. The van der Waals surface area contributed by atoms with Crippen molar-refractivity contribution in [2.45, 2.75) is 45.6 Å². The molecule has 1 aromatic rings. The van der Waals surface area contributed by atoms with Crippen LogP contribution in [0.3, 0.4) is 0 Å². The maximum atomic E-state index is 12.8. The van der Waals surface area contributed by atoms with E-state index < -0.39 is 5.60 Å². The second-order valence-electron chi connectivity index (χ2n) is 8.08. The van der Waals surface area contributed by atoms with Gasteiger partial charge < -0.3 is 4.74 Å². The minimum absolute atomic E-state index is 0.0832. The van der Waals surface area contributed by atoms with Gasteiger partial charge >= 0.3 is 5.97 Å². The van der Waals surface area contributed by atoms with Crippen molar-refractivity contribution >= 4 is 11.5 Å². The zero-order chi connectivity index (χ0) is 15.5. The van der Waals surface area contributed by atoms with Crippen molar-refractivity contribution in [3.05, 3.63) is 41.5 Å². The summed E-state index contributed by atoms with van der Waals surface area (Å²) >= 11 is 0. The normalized spacial score (nSPS) is 32.7. The molecule has 0 spiro atoms. The van der Waals surface area contributed by atoms with Crippen molar-refractivity contribution in [3.8, 4) is 0 Å². The predicted molar refractivity (Wildman–Crippen MR) is 87.0 cm³/mol. The second-order valence-corrected chi connectivity index (χ2v) is 8.08. The summed E-state index contributed by atoms with van der Waals surface area (Å²) in [5.41, 5.74) is 3.07. The standard InChI is InChI=1S/C20H24O2/c1-20(2,3)22-19(21)18-15(12-7-5-4-6-8-12)16-13-9-10-14(11-13)17(16)18/h4-8,13-14,16-17H,9-11H2,1-3H3/t13-,14+,16-,17-/m1/s1. The summed E-state index contributed by atoms with van der Waals surface area (Å²) in [6, 6.07) is 10.4. The maximum Gasteiger partial charge on any atom is 0.335 e. The van der Waals surface area contributed by atoms with Crippen LogP contribution in [0, 0.1) is 23.7 Å². The van der Waals surface area contributed by atoms with Crippen molar-refractivity contribution in [1.82, 2.24) is 0 Å². The Morgan fingerprint density at radius 3 is 2.32 bits per heavy atom. The third-order valence-electron chi connectivity index (χ3n) is 5.58. The molecule has 0 radical (unpaired) electrons. The van der Waals surface area contributed by atoms with E-state index in [1.54, 1.807) is 0 Å². The summed E-state index contributed by atoms with van der Waals surface area (Å²) in [4.78, 5) is 12.8. The lowest BCUT2D eigenvalue weighted by molar-refractivity contribution is -0.151. The Labute approximate surface area is 132 Å². The molecule has 116 valence electrons. The van der Waals surface area contributed by atoms with Crippen LogP contribution in [0.15, 0.2) is 35.9 Å². The third-order valence-corrected chi connectivity index (χ3v) is 5.58. The van der Waals surface area contributed by atoms with E-state index >= 15 is 0 Å². The fourth-order valence-electron chi connectivity index (χ4n) is 4.93. The highest BCUT2D eigenvalue weighted by Crippen LogP contribution is 2.66. The van der Waals surface area contributed by atoms with Crippen LogP contribution in [-0.2, 0) is 9.53 Å². The Morgan fingerprint density at radius 1 is 1.05 bits per heavy atom. The summed E-state index contributed by atoms with van der Waals surface area (Å²) in [5, 5.41) is 0. The minimum atomic E-state index is -0.422. The Morgan fingerprint density at radius 2 is 1.68 bits per heavy atom. The zero-order valence-electron chi connectivity index (χ0n) is 13.6. The van der Waals surface area contributed by atoms with E-state index in [-0.39, 0.29) is 5.97 Å². The molecule has 0 unspecified atom stereocenters. The fourth-order valence-corrected chi connectivity index (χ4v) is 4.93. The lowest BCUT2D eigenvalue weighted by Crippen LogP contribution is -2.40. The lowest BCUT2D eigenvalue weighted by Gasteiger charge is -2.44. The van der Waals surface area contributed by atoms with Crippen molar-refractivity contribution in [1.29, 1.82) is 0 Å². The Balaban J connectivity index is 1.75. The summed E-state index contributed by atoms with van der Waals surface area (Å²) < 4.78 is 5.71. The fraction of sp³-hybridized carbons (Fsp3) is 0.550. The highest BCUT2D eigenvalue weighted by atomic mass is 16.6. The number of allylic oxidation sites excluding steroid dienone is 1. The van der Waals surface area contributed by atoms with Gasteiger partial charge in [0, 0.05) is 11.5 Å². The molecule has 0 N–H and O–H groups in total. The minimum Gasteiger partial charge on any atom is -0.457 e. The number of benzene rings is 1. The molecular weight excluding hydrogens is 272 g/mol. The molecule has 1 aromatic carbocycles. The quantitative estimate of drug-likeness (QED) is 0.753. The molecule has 2 bridgehead atoms. The molecule has 2 fully saturated rings. The SMILES string of the molecule is CC(C)(C)OC(=O)C1=C(c2ccccc2)[C@H]2[C@@H]3CC[C@@H](C3)[C@@H]12. The first-order valence-corrected chi connectivity index (χ1v) is 8.48. The van der Waals surface area contributed by atoms with Crippen molar-refractivity contribution < 1.29 is 9.53 Å². The van der Waals surface area contributed by atoms with Gasteiger partial charge in [0.05, 0.1) is 0 Å². The molecule has 2 nitrogen and oxygen atoms in total. The van der Waals surface area contributed by atoms with Gasteiger partial charge in [-0.05, 0) is 68.9 Å². The molecule has 2 heteroatoms. The monoisotopic (exact) mass is 296 g/mol. The molecule has 0 heterocycles. The highest BCUT2D eigenvalue weighted by molar-refractivity contribution is 6.03. The summed E-state index contributed by atoms with van der Waals surface area (Å²) in [6.07, 6.45) is 3.93. The van der Waals surface area contributed by atoms with Crippen LogP contribution in [0.25, 0.3) is 5.57 Å². The van der Waals surface area contributed by atoms with Crippen LogP contribution >= 0.6 is 0 Å². The van der Waals surface area contributed by atoms with Crippen LogP contribution in [0.4, 0.5) is 0 Å². The van der Waals surface area contributed by atoms with E-state index in [1.807, 2.05) is 26.8 Å². The molecule has 0 aromatic heterocycles. The van der Waals surface area contributed by atoms with E-state index in [4.69, 9.17) is 4.74 Å². The number of rotatable bonds is 2. The van der Waals surface area contributed by atoms with Crippen molar-refractivity contribution in [3.63, 3.8) is 0 Å². The first-order chi connectivity index (χ1) is 10.5. The van der Waals surface area contributed by atoms with Crippen LogP contribution in [0.5, 0.6) is 0 Å². The maximum absolute atomic E-state index is 12.8. The Hall–Kier alpha value is -1.57. The average molecular weight is 296 g/mol. The smallest absolute Gasteiger partial charge is 0.335 e. The summed E-state index contributed by atoms with van der Waals surface area (Å²) in [7, 11) is 0.